The second-order valence-corrected chi connectivity index (χ2v) is 10.7. The molecular formula is C21H19BrN6O4S. The van der Waals surface area contributed by atoms with Gasteiger partial charge in [0.25, 0.3) is 0 Å². The third-order valence-corrected chi connectivity index (χ3v) is 7.66. The van der Waals surface area contributed by atoms with Crippen LogP contribution in [0.15, 0.2) is 46.9 Å². The zero-order chi connectivity index (χ0) is 23.2. The summed E-state index contributed by atoms with van der Waals surface area (Å²) in [6, 6.07) is 11.9. The van der Waals surface area contributed by atoms with E-state index < -0.39 is 21.8 Å². The molecule has 10 nitrogen and oxygen atoms in total. The second-order valence-electron chi connectivity index (χ2n) is 7.57. The van der Waals surface area contributed by atoms with Gasteiger partial charge in [0.2, 0.25) is 11.9 Å². The van der Waals surface area contributed by atoms with Gasteiger partial charge in [0.15, 0.2) is 21.3 Å². The Labute approximate surface area is 197 Å². The number of sulfone groups is 1. The first kappa shape index (κ1) is 21.6. The molecular weight excluding hydrogens is 512 g/mol. The van der Waals surface area contributed by atoms with Crippen LogP contribution in [0.5, 0.6) is 5.75 Å². The Bertz CT molecular complexity index is 1490. The van der Waals surface area contributed by atoms with Gasteiger partial charge in [-0.2, -0.15) is 4.52 Å². The van der Waals surface area contributed by atoms with Crippen molar-refractivity contribution in [1.29, 1.82) is 0 Å². The molecule has 33 heavy (non-hydrogen) atoms. The molecule has 3 heterocycles. The molecule has 170 valence electrons. The predicted molar refractivity (Wildman–Crippen MR) is 127 cm³/mol. The van der Waals surface area contributed by atoms with Gasteiger partial charge in [-0.05, 0) is 52.3 Å². The predicted octanol–water partition coefficient (Wildman–Crippen LogP) is 2.04. The number of halogens is 1. The third kappa shape index (κ3) is 4.11. The summed E-state index contributed by atoms with van der Waals surface area (Å²) in [6.45, 7) is 0.0798. The van der Waals surface area contributed by atoms with Gasteiger partial charge in [-0.3, -0.25) is 4.79 Å². The molecule has 0 saturated carbocycles. The van der Waals surface area contributed by atoms with Gasteiger partial charge in [-0.25, -0.2) is 18.4 Å². The van der Waals surface area contributed by atoms with E-state index in [4.69, 9.17) is 9.72 Å². The van der Waals surface area contributed by atoms with Crippen LogP contribution in [0.2, 0.25) is 0 Å². The highest BCUT2D eigenvalue weighted by Gasteiger charge is 2.30. The molecule has 2 N–H and O–H groups in total. The topological polar surface area (TPSA) is 128 Å². The zero-order valence-corrected chi connectivity index (χ0v) is 19.9. The molecule has 0 spiro atoms. The highest BCUT2D eigenvalue weighted by atomic mass is 79.9. The molecule has 1 atom stereocenters. The molecule has 2 aromatic heterocycles. The largest absolute Gasteiger partial charge is 0.497 e. The number of rotatable bonds is 4. The number of carbonyl (C=O) groups is 1. The van der Waals surface area contributed by atoms with E-state index in [1.54, 1.807) is 7.11 Å². The number of hydrogen-bond acceptors (Lipinski definition) is 8. The number of methoxy groups -OCH3 is 1. The van der Waals surface area contributed by atoms with Crippen molar-refractivity contribution >= 4 is 54.2 Å². The smallest absolute Gasteiger partial charge is 0.243 e. The SMILES string of the molecule is COc1ccc(-c2nc3c4cccc(Br)c4nc(N[C@@H]4CS(=O)(=O)CCNC4=O)n3n2)cc1. The molecule has 2 aromatic carbocycles. The number of amides is 1. The normalized spacial score (nSPS) is 18.1. The molecule has 1 fully saturated rings. The molecule has 1 aliphatic rings. The molecule has 4 aromatic rings. The maximum atomic E-state index is 12.5. The Balaban J connectivity index is 1.67. The fraction of sp³-hybridized carbons (Fsp3) is 0.238. The minimum atomic E-state index is -3.41. The van der Waals surface area contributed by atoms with E-state index in [-0.39, 0.29) is 24.0 Å². The summed E-state index contributed by atoms with van der Waals surface area (Å²) in [6.07, 6.45) is 0. The first-order valence-electron chi connectivity index (χ1n) is 10.1. The van der Waals surface area contributed by atoms with Gasteiger partial charge >= 0.3 is 0 Å². The molecule has 0 radical (unpaired) electrons. The zero-order valence-electron chi connectivity index (χ0n) is 17.4. The van der Waals surface area contributed by atoms with E-state index in [0.29, 0.717) is 22.7 Å². The van der Waals surface area contributed by atoms with Crippen LogP contribution in [0.4, 0.5) is 5.95 Å². The summed E-state index contributed by atoms with van der Waals surface area (Å²) in [4.78, 5) is 21.9. The molecule has 1 amide bonds. The van der Waals surface area contributed by atoms with Crippen LogP contribution in [0.1, 0.15) is 0 Å². The summed E-state index contributed by atoms with van der Waals surface area (Å²) in [5, 5.41) is 11.0. The summed E-state index contributed by atoms with van der Waals surface area (Å²) in [7, 11) is -1.82. The van der Waals surface area contributed by atoms with Crippen molar-refractivity contribution in [2.45, 2.75) is 6.04 Å². The Morgan fingerprint density at radius 2 is 1.97 bits per heavy atom. The van der Waals surface area contributed by atoms with E-state index in [2.05, 4.69) is 36.6 Å². The summed E-state index contributed by atoms with van der Waals surface area (Å²) in [5.41, 5.74) is 1.90. The minimum Gasteiger partial charge on any atom is -0.497 e. The Morgan fingerprint density at radius 1 is 1.18 bits per heavy atom. The van der Waals surface area contributed by atoms with Crippen LogP contribution in [-0.2, 0) is 14.6 Å². The van der Waals surface area contributed by atoms with Crippen LogP contribution in [0, 0.1) is 0 Å². The number of ether oxygens (including phenoxy) is 1. The highest BCUT2D eigenvalue weighted by molar-refractivity contribution is 9.10. The number of carbonyl (C=O) groups excluding carboxylic acids is 1. The Kier molecular flexibility index (Phi) is 5.41. The van der Waals surface area contributed by atoms with E-state index >= 15 is 0 Å². The Morgan fingerprint density at radius 3 is 2.73 bits per heavy atom. The standard InChI is InChI=1S/C21H19BrN6O4S/c1-32-13-7-5-12(6-8-13)18-26-19-14-3-2-4-15(22)17(14)25-21(28(19)27-18)24-16-11-33(30,31)10-9-23-20(16)29/h2-8,16H,9-11H2,1H3,(H,23,29)(H,24,25)/t16-/m1/s1. The van der Waals surface area contributed by atoms with Gasteiger partial charge in [0.1, 0.15) is 11.8 Å². The molecule has 1 aliphatic heterocycles. The monoisotopic (exact) mass is 530 g/mol. The number of nitrogens with zero attached hydrogens (tertiary/aromatic N) is 4. The minimum absolute atomic E-state index is 0.0798. The van der Waals surface area contributed by atoms with Crippen LogP contribution in [0.3, 0.4) is 0 Å². The number of aromatic nitrogens is 4. The first-order valence-corrected chi connectivity index (χ1v) is 12.7. The summed E-state index contributed by atoms with van der Waals surface area (Å²) >= 11 is 3.52. The molecule has 0 bridgehead atoms. The van der Waals surface area contributed by atoms with Crippen LogP contribution in [-0.4, -0.2) is 65.1 Å². The van der Waals surface area contributed by atoms with Crippen molar-refractivity contribution in [3.63, 3.8) is 0 Å². The van der Waals surface area contributed by atoms with Crippen LogP contribution >= 0.6 is 15.9 Å². The van der Waals surface area contributed by atoms with E-state index in [9.17, 15) is 13.2 Å². The van der Waals surface area contributed by atoms with Crippen molar-refractivity contribution in [1.82, 2.24) is 24.9 Å². The fourth-order valence-corrected chi connectivity index (χ4v) is 5.46. The average Bonchev–Trinajstić information content (AvgIpc) is 3.20. The number of para-hydroxylation sites is 1. The third-order valence-electron chi connectivity index (χ3n) is 5.35. The van der Waals surface area contributed by atoms with E-state index in [1.807, 2.05) is 42.5 Å². The molecule has 12 heteroatoms. The molecule has 0 unspecified atom stereocenters. The number of benzene rings is 2. The van der Waals surface area contributed by atoms with E-state index in [1.165, 1.54) is 4.52 Å². The van der Waals surface area contributed by atoms with E-state index in [0.717, 1.165) is 15.4 Å². The fourth-order valence-electron chi connectivity index (χ4n) is 3.68. The molecule has 0 aliphatic carbocycles. The molecule has 5 rings (SSSR count). The maximum Gasteiger partial charge on any atom is 0.243 e. The highest BCUT2D eigenvalue weighted by Crippen LogP contribution is 2.29. The number of fused-ring (bicyclic) bond motifs is 3. The lowest BCUT2D eigenvalue weighted by Gasteiger charge is -2.16. The van der Waals surface area contributed by atoms with Crippen molar-refractivity contribution in [2.24, 2.45) is 0 Å². The number of anilines is 1. The van der Waals surface area contributed by atoms with Gasteiger partial charge in [0.05, 0.1) is 24.1 Å². The van der Waals surface area contributed by atoms with Gasteiger partial charge in [0, 0.05) is 22.0 Å². The lowest BCUT2D eigenvalue weighted by atomic mass is 10.2. The quantitative estimate of drug-likeness (QED) is 0.410. The molecule has 1 saturated heterocycles. The number of nitrogens with one attached hydrogen (secondary N) is 2. The van der Waals surface area contributed by atoms with Gasteiger partial charge < -0.3 is 15.4 Å². The van der Waals surface area contributed by atoms with Crippen LogP contribution in [0.25, 0.3) is 27.9 Å². The Hall–Kier alpha value is -3.25. The van der Waals surface area contributed by atoms with Crippen molar-refractivity contribution in [2.75, 3.05) is 30.5 Å². The van der Waals surface area contributed by atoms with Crippen LogP contribution < -0.4 is 15.4 Å². The lowest BCUT2D eigenvalue weighted by Crippen LogP contribution is -2.41. The summed E-state index contributed by atoms with van der Waals surface area (Å²) < 4.78 is 32.0. The van der Waals surface area contributed by atoms with Crippen molar-refractivity contribution < 1.29 is 17.9 Å². The van der Waals surface area contributed by atoms with Gasteiger partial charge in [-0.15, -0.1) is 5.10 Å². The maximum absolute atomic E-state index is 12.5. The number of hydrogen-bond donors (Lipinski definition) is 2. The van der Waals surface area contributed by atoms with Gasteiger partial charge in [-0.1, -0.05) is 6.07 Å². The van der Waals surface area contributed by atoms with Crippen molar-refractivity contribution in [3.8, 4) is 17.1 Å². The average molecular weight is 531 g/mol. The lowest BCUT2D eigenvalue weighted by molar-refractivity contribution is -0.121. The first-order chi connectivity index (χ1) is 15.8. The second kappa shape index (κ2) is 8.27. The van der Waals surface area contributed by atoms with Crippen molar-refractivity contribution in [3.05, 3.63) is 46.9 Å². The summed E-state index contributed by atoms with van der Waals surface area (Å²) in [5.74, 6) is 0.529.